The second-order valence-corrected chi connectivity index (χ2v) is 5.13. The molecule has 4 heteroatoms. The highest BCUT2D eigenvalue weighted by molar-refractivity contribution is 5.22. The molecule has 1 aliphatic heterocycles. The molecule has 1 heterocycles. The number of aliphatic hydroxyl groups is 1. The Balaban J connectivity index is 2.18. The quantitative estimate of drug-likeness (QED) is 0.860. The zero-order chi connectivity index (χ0) is 13.1. The standard InChI is InChI=1S/C14H21FN2O/c1-10(16)14(11-3-2-4-12(15)9-11)17-7-5-13(18)6-8-17/h2-4,9-10,13-14,18H,5-8,16H2,1H3. The van der Waals surface area contributed by atoms with Gasteiger partial charge in [0.2, 0.25) is 0 Å². The Bertz CT molecular complexity index is 389. The largest absolute Gasteiger partial charge is 0.393 e. The molecule has 1 aromatic rings. The summed E-state index contributed by atoms with van der Waals surface area (Å²) in [5.41, 5.74) is 6.98. The van der Waals surface area contributed by atoms with E-state index in [1.54, 1.807) is 12.1 Å². The molecule has 2 rings (SSSR count). The maximum absolute atomic E-state index is 13.3. The monoisotopic (exact) mass is 252 g/mol. The van der Waals surface area contributed by atoms with Crippen LogP contribution in [0.5, 0.6) is 0 Å². The maximum Gasteiger partial charge on any atom is 0.123 e. The zero-order valence-electron chi connectivity index (χ0n) is 10.7. The third-order valence-corrected chi connectivity index (χ3v) is 3.58. The molecule has 0 aliphatic carbocycles. The molecule has 0 spiro atoms. The van der Waals surface area contributed by atoms with Crippen molar-refractivity contribution in [1.82, 2.24) is 4.90 Å². The molecule has 3 N–H and O–H groups in total. The number of hydrogen-bond donors (Lipinski definition) is 2. The molecule has 0 amide bonds. The summed E-state index contributed by atoms with van der Waals surface area (Å²) in [5, 5.41) is 9.54. The SMILES string of the molecule is CC(N)C(c1cccc(F)c1)N1CCC(O)CC1. The normalized spacial score (nSPS) is 21.8. The number of nitrogens with zero attached hydrogens (tertiary/aromatic N) is 1. The summed E-state index contributed by atoms with van der Waals surface area (Å²) in [6.07, 6.45) is 1.32. The summed E-state index contributed by atoms with van der Waals surface area (Å²) in [6.45, 7) is 3.56. The Morgan fingerprint density at radius 3 is 2.61 bits per heavy atom. The van der Waals surface area contributed by atoms with Gasteiger partial charge in [0.15, 0.2) is 0 Å². The van der Waals surface area contributed by atoms with Gasteiger partial charge in [0.05, 0.1) is 6.10 Å². The molecule has 3 nitrogen and oxygen atoms in total. The van der Waals surface area contributed by atoms with E-state index in [9.17, 15) is 9.50 Å². The first-order valence-corrected chi connectivity index (χ1v) is 6.51. The Labute approximate surface area is 107 Å². The van der Waals surface area contributed by atoms with Gasteiger partial charge < -0.3 is 10.8 Å². The summed E-state index contributed by atoms with van der Waals surface area (Å²) in [6, 6.07) is 6.59. The van der Waals surface area contributed by atoms with Crippen LogP contribution in [0.3, 0.4) is 0 Å². The van der Waals surface area contributed by atoms with Crippen LogP contribution in [0.15, 0.2) is 24.3 Å². The number of aliphatic hydroxyl groups excluding tert-OH is 1. The van der Waals surface area contributed by atoms with Crippen molar-refractivity contribution >= 4 is 0 Å². The third-order valence-electron chi connectivity index (χ3n) is 3.58. The van der Waals surface area contributed by atoms with Crippen LogP contribution in [0.4, 0.5) is 4.39 Å². The molecule has 100 valence electrons. The van der Waals surface area contributed by atoms with E-state index in [4.69, 9.17) is 5.73 Å². The molecule has 18 heavy (non-hydrogen) atoms. The summed E-state index contributed by atoms with van der Waals surface area (Å²) in [4.78, 5) is 2.24. The van der Waals surface area contributed by atoms with E-state index in [0.717, 1.165) is 31.5 Å². The smallest absolute Gasteiger partial charge is 0.123 e. The highest BCUT2D eigenvalue weighted by Crippen LogP contribution is 2.27. The van der Waals surface area contributed by atoms with Crippen molar-refractivity contribution in [2.24, 2.45) is 5.73 Å². The molecule has 1 aliphatic rings. The van der Waals surface area contributed by atoms with Crippen LogP contribution in [0.25, 0.3) is 0 Å². The average Bonchev–Trinajstić information content (AvgIpc) is 2.32. The molecule has 2 unspecified atom stereocenters. The number of halogens is 1. The lowest BCUT2D eigenvalue weighted by atomic mass is 9.96. The highest BCUT2D eigenvalue weighted by atomic mass is 19.1. The van der Waals surface area contributed by atoms with Gasteiger partial charge in [0.1, 0.15) is 5.82 Å². The van der Waals surface area contributed by atoms with E-state index < -0.39 is 0 Å². The molecule has 0 saturated carbocycles. The second-order valence-electron chi connectivity index (χ2n) is 5.13. The van der Waals surface area contributed by atoms with Crippen LogP contribution in [-0.2, 0) is 0 Å². The summed E-state index contributed by atoms with van der Waals surface area (Å²) in [7, 11) is 0. The fourth-order valence-corrected chi connectivity index (χ4v) is 2.70. The Morgan fingerprint density at radius 2 is 2.06 bits per heavy atom. The van der Waals surface area contributed by atoms with E-state index in [-0.39, 0.29) is 24.0 Å². The summed E-state index contributed by atoms with van der Waals surface area (Å²) < 4.78 is 13.3. The van der Waals surface area contributed by atoms with Gasteiger partial charge in [0, 0.05) is 25.2 Å². The van der Waals surface area contributed by atoms with E-state index in [1.807, 2.05) is 13.0 Å². The molecule has 1 saturated heterocycles. The number of hydrogen-bond acceptors (Lipinski definition) is 3. The highest BCUT2D eigenvalue weighted by Gasteiger charge is 2.27. The van der Waals surface area contributed by atoms with Gasteiger partial charge in [-0.25, -0.2) is 4.39 Å². The minimum atomic E-state index is -0.227. The van der Waals surface area contributed by atoms with Crippen LogP contribution in [-0.4, -0.2) is 35.2 Å². The first-order valence-electron chi connectivity index (χ1n) is 6.51. The number of benzene rings is 1. The van der Waals surface area contributed by atoms with Crippen LogP contribution < -0.4 is 5.73 Å². The maximum atomic E-state index is 13.3. The number of rotatable bonds is 3. The molecule has 1 aromatic carbocycles. The lowest BCUT2D eigenvalue weighted by Gasteiger charge is -2.38. The predicted octanol–water partition coefficient (Wildman–Crippen LogP) is 1.67. The molecule has 2 atom stereocenters. The fraction of sp³-hybridized carbons (Fsp3) is 0.571. The van der Waals surface area contributed by atoms with Crippen molar-refractivity contribution < 1.29 is 9.50 Å². The van der Waals surface area contributed by atoms with Crippen molar-refractivity contribution in [3.05, 3.63) is 35.6 Å². The molecule has 0 bridgehead atoms. The van der Waals surface area contributed by atoms with Crippen LogP contribution in [0.1, 0.15) is 31.4 Å². The zero-order valence-corrected chi connectivity index (χ0v) is 10.7. The van der Waals surface area contributed by atoms with Crippen LogP contribution in [0.2, 0.25) is 0 Å². The van der Waals surface area contributed by atoms with Crippen molar-refractivity contribution in [1.29, 1.82) is 0 Å². The van der Waals surface area contributed by atoms with Gasteiger partial charge in [-0.05, 0) is 37.5 Å². The predicted molar refractivity (Wildman–Crippen MR) is 69.6 cm³/mol. The molecule has 0 radical (unpaired) electrons. The van der Waals surface area contributed by atoms with Gasteiger partial charge in [-0.2, -0.15) is 0 Å². The van der Waals surface area contributed by atoms with Crippen LogP contribution >= 0.6 is 0 Å². The Hall–Kier alpha value is -0.970. The van der Waals surface area contributed by atoms with Crippen molar-refractivity contribution in [2.75, 3.05) is 13.1 Å². The first kappa shape index (κ1) is 13.5. The van der Waals surface area contributed by atoms with Crippen molar-refractivity contribution in [3.63, 3.8) is 0 Å². The van der Waals surface area contributed by atoms with Gasteiger partial charge >= 0.3 is 0 Å². The third kappa shape index (κ3) is 3.07. The second kappa shape index (κ2) is 5.78. The van der Waals surface area contributed by atoms with E-state index in [1.165, 1.54) is 6.07 Å². The van der Waals surface area contributed by atoms with Gasteiger partial charge in [-0.3, -0.25) is 4.90 Å². The minimum Gasteiger partial charge on any atom is -0.393 e. The number of piperidine rings is 1. The van der Waals surface area contributed by atoms with E-state index in [2.05, 4.69) is 4.90 Å². The van der Waals surface area contributed by atoms with E-state index >= 15 is 0 Å². The van der Waals surface area contributed by atoms with Crippen LogP contribution in [0, 0.1) is 5.82 Å². The average molecular weight is 252 g/mol. The van der Waals surface area contributed by atoms with Crippen molar-refractivity contribution in [3.8, 4) is 0 Å². The Kier molecular flexibility index (Phi) is 4.32. The fourth-order valence-electron chi connectivity index (χ4n) is 2.70. The minimum absolute atomic E-state index is 0.0215. The topological polar surface area (TPSA) is 49.5 Å². The summed E-state index contributed by atoms with van der Waals surface area (Å²) in [5.74, 6) is -0.227. The van der Waals surface area contributed by atoms with E-state index in [0.29, 0.717) is 0 Å². The number of likely N-dealkylation sites (tertiary alicyclic amines) is 1. The Morgan fingerprint density at radius 1 is 1.39 bits per heavy atom. The first-order chi connectivity index (χ1) is 8.58. The molecular weight excluding hydrogens is 231 g/mol. The molecule has 1 fully saturated rings. The summed E-state index contributed by atoms with van der Waals surface area (Å²) >= 11 is 0. The lowest BCUT2D eigenvalue weighted by molar-refractivity contribution is 0.0548. The van der Waals surface area contributed by atoms with Crippen molar-refractivity contribution in [2.45, 2.75) is 38.0 Å². The molecule has 0 aromatic heterocycles. The van der Waals surface area contributed by atoms with Gasteiger partial charge in [0.25, 0.3) is 0 Å². The van der Waals surface area contributed by atoms with Gasteiger partial charge in [-0.1, -0.05) is 12.1 Å². The molecular formula is C14H21FN2O. The lowest BCUT2D eigenvalue weighted by Crippen LogP contribution is -2.44. The van der Waals surface area contributed by atoms with Gasteiger partial charge in [-0.15, -0.1) is 0 Å². The number of nitrogens with two attached hydrogens (primary N) is 1.